The first-order valence-electron chi connectivity index (χ1n) is 7.29. The maximum Gasteiger partial charge on any atom is 0.329 e. The van der Waals surface area contributed by atoms with Crippen molar-refractivity contribution in [3.63, 3.8) is 0 Å². The number of imide groups is 1. The number of rotatable bonds is 1. The van der Waals surface area contributed by atoms with Gasteiger partial charge in [0.15, 0.2) is 0 Å². The van der Waals surface area contributed by atoms with E-state index in [1.807, 2.05) is 6.07 Å². The number of urea groups is 1. The molecular formula is C16H17N3O2. The third kappa shape index (κ3) is 2.49. The summed E-state index contributed by atoms with van der Waals surface area (Å²) in [6.07, 6.45) is 5.41. The summed E-state index contributed by atoms with van der Waals surface area (Å²) in [5.41, 5.74) is 0.685. The predicted octanol–water partition coefficient (Wildman–Crippen LogP) is 2.71. The molecule has 2 aliphatic rings. The van der Waals surface area contributed by atoms with E-state index in [0.717, 1.165) is 25.7 Å². The molecule has 1 saturated heterocycles. The molecule has 0 unspecified atom stereocenters. The maximum absolute atomic E-state index is 12.4. The smallest absolute Gasteiger partial charge is 0.329 e. The number of amides is 3. The van der Waals surface area contributed by atoms with E-state index in [4.69, 9.17) is 5.26 Å². The molecule has 0 radical (unpaired) electrons. The Bertz CT molecular complexity index is 589. The van der Waals surface area contributed by atoms with Crippen LogP contribution in [0.2, 0.25) is 0 Å². The van der Waals surface area contributed by atoms with E-state index in [2.05, 4.69) is 5.32 Å². The van der Waals surface area contributed by atoms with Gasteiger partial charge in [-0.3, -0.25) is 4.79 Å². The van der Waals surface area contributed by atoms with Crippen LogP contribution < -0.4 is 10.2 Å². The molecular weight excluding hydrogens is 266 g/mol. The van der Waals surface area contributed by atoms with Gasteiger partial charge in [0.05, 0.1) is 29.3 Å². The van der Waals surface area contributed by atoms with Gasteiger partial charge in [0.25, 0.3) is 0 Å². The minimum absolute atomic E-state index is 0.162. The number of nitrogens with one attached hydrogen (secondary N) is 1. The molecule has 3 rings (SSSR count). The van der Waals surface area contributed by atoms with Gasteiger partial charge in [-0.2, -0.15) is 5.26 Å². The van der Waals surface area contributed by atoms with Crippen LogP contribution in [0.1, 0.15) is 44.1 Å². The van der Waals surface area contributed by atoms with Crippen molar-refractivity contribution in [1.29, 1.82) is 5.26 Å². The number of anilines is 1. The zero-order valence-electron chi connectivity index (χ0n) is 11.8. The zero-order chi connectivity index (χ0) is 14.9. The highest BCUT2D eigenvalue weighted by Crippen LogP contribution is 2.35. The average molecular weight is 283 g/mol. The fourth-order valence-corrected chi connectivity index (χ4v) is 3.29. The second-order valence-electron chi connectivity index (χ2n) is 5.84. The van der Waals surface area contributed by atoms with Crippen LogP contribution in [0.25, 0.3) is 0 Å². The molecule has 5 heteroatoms. The SMILES string of the molecule is N#Cc1ccc(N2C(=O)CC3(CCCCC3)NC2=O)cc1. The molecule has 5 nitrogen and oxygen atoms in total. The number of hydrogen-bond donors (Lipinski definition) is 1. The second kappa shape index (κ2) is 5.21. The first-order chi connectivity index (χ1) is 10.1. The molecule has 1 N–H and O–H groups in total. The molecule has 21 heavy (non-hydrogen) atoms. The fourth-order valence-electron chi connectivity index (χ4n) is 3.29. The summed E-state index contributed by atoms with van der Waals surface area (Å²) in [4.78, 5) is 26.0. The number of nitrogens with zero attached hydrogens (tertiary/aromatic N) is 2. The van der Waals surface area contributed by atoms with Gasteiger partial charge in [0, 0.05) is 0 Å². The lowest BCUT2D eigenvalue weighted by Gasteiger charge is -2.43. The molecule has 2 fully saturated rings. The summed E-state index contributed by atoms with van der Waals surface area (Å²) >= 11 is 0. The lowest BCUT2D eigenvalue weighted by molar-refractivity contribution is -0.120. The Kier molecular flexibility index (Phi) is 3.38. The summed E-state index contributed by atoms with van der Waals surface area (Å²) in [6, 6.07) is 8.16. The average Bonchev–Trinajstić information content (AvgIpc) is 2.48. The van der Waals surface area contributed by atoms with Gasteiger partial charge in [0.2, 0.25) is 5.91 Å². The zero-order valence-corrected chi connectivity index (χ0v) is 11.8. The van der Waals surface area contributed by atoms with Crippen molar-refractivity contribution >= 4 is 17.6 Å². The van der Waals surface area contributed by atoms with Gasteiger partial charge in [0.1, 0.15) is 0 Å². The van der Waals surface area contributed by atoms with Crippen LogP contribution >= 0.6 is 0 Å². The minimum Gasteiger partial charge on any atom is -0.331 e. The Morgan fingerprint density at radius 2 is 1.76 bits per heavy atom. The lowest BCUT2D eigenvalue weighted by atomic mass is 9.78. The second-order valence-corrected chi connectivity index (χ2v) is 5.84. The van der Waals surface area contributed by atoms with Gasteiger partial charge in [-0.25, -0.2) is 9.69 Å². The van der Waals surface area contributed by atoms with Gasteiger partial charge >= 0.3 is 6.03 Å². The Morgan fingerprint density at radius 3 is 2.33 bits per heavy atom. The number of carbonyl (C=O) groups excluding carboxylic acids is 2. The fraction of sp³-hybridized carbons (Fsp3) is 0.438. The molecule has 0 bridgehead atoms. The highest BCUT2D eigenvalue weighted by Gasteiger charge is 2.43. The summed E-state index contributed by atoms with van der Waals surface area (Å²) in [5, 5.41) is 11.8. The van der Waals surface area contributed by atoms with Gasteiger partial charge < -0.3 is 5.32 Å². The van der Waals surface area contributed by atoms with Crippen LogP contribution in [0, 0.1) is 11.3 Å². The van der Waals surface area contributed by atoms with Gasteiger partial charge in [-0.15, -0.1) is 0 Å². The van der Waals surface area contributed by atoms with E-state index in [1.54, 1.807) is 24.3 Å². The molecule has 1 aromatic rings. The summed E-state index contributed by atoms with van der Waals surface area (Å²) in [5.74, 6) is -0.162. The van der Waals surface area contributed by atoms with E-state index < -0.39 is 0 Å². The third-order valence-electron chi connectivity index (χ3n) is 4.38. The molecule has 1 spiro atoms. The molecule has 3 amide bonds. The normalized spacial score (nSPS) is 21.0. The van der Waals surface area contributed by atoms with Crippen molar-refractivity contribution in [2.24, 2.45) is 0 Å². The minimum atomic E-state index is -0.349. The van der Waals surface area contributed by atoms with Gasteiger partial charge in [-0.1, -0.05) is 19.3 Å². The van der Waals surface area contributed by atoms with E-state index >= 15 is 0 Å². The van der Waals surface area contributed by atoms with Crippen molar-refractivity contribution in [3.05, 3.63) is 29.8 Å². The van der Waals surface area contributed by atoms with Crippen molar-refractivity contribution in [3.8, 4) is 6.07 Å². The predicted molar refractivity (Wildman–Crippen MR) is 77.6 cm³/mol. The van der Waals surface area contributed by atoms with Gasteiger partial charge in [-0.05, 0) is 37.1 Å². The van der Waals surface area contributed by atoms with Crippen molar-refractivity contribution in [1.82, 2.24) is 5.32 Å². The summed E-state index contributed by atoms with van der Waals surface area (Å²) in [7, 11) is 0. The molecule has 0 atom stereocenters. The largest absolute Gasteiger partial charge is 0.331 e. The lowest BCUT2D eigenvalue weighted by Crippen LogP contribution is -2.62. The first-order valence-corrected chi connectivity index (χ1v) is 7.29. The quantitative estimate of drug-likeness (QED) is 0.861. The van der Waals surface area contributed by atoms with E-state index in [-0.39, 0.29) is 17.5 Å². The number of nitriles is 1. The maximum atomic E-state index is 12.4. The number of carbonyl (C=O) groups is 2. The van der Waals surface area contributed by atoms with Crippen LogP contribution in [0.3, 0.4) is 0 Å². The highest BCUT2D eigenvalue weighted by molar-refractivity contribution is 6.16. The summed E-state index contributed by atoms with van der Waals surface area (Å²) in [6.45, 7) is 0. The summed E-state index contributed by atoms with van der Waals surface area (Å²) < 4.78 is 0. The molecule has 108 valence electrons. The molecule has 1 aliphatic carbocycles. The molecule has 1 aromatic carbocycles. The standard InChI is InChI=1S/C16H17N3O2/c17-11-12-4-6-13(7-5-12)19-14(20)10-16(18-15(19)21)8-2-1-3-9-16/h4-7H,1-3,8-10H2,(H,18,21). The topological polar surface area (TPSA) is 73.2 Å². The van der Waals surface area contributed by atoms with Crippen LogP contribution in [0.15, 0.2) is 24.3 Å². The third-order valence-corrected chi connectivity index (χ3v) is 4.38. The van der Waals surface area contributed by atoms with Crippen LogP contribution in [-0.4, -0.2) is 17.5 Å². The van der Waals surface area contributed by atoms with Crippen LogP contribution in [-0.2, 0) is 4.79 Å². The van der Waals surface area contributed by atoms with Crippen LogP contribution in [0.4, 0.5) is 10.5 Å². The highest BCUT2D eigenvalue weighted by atomic mass is 16.2. The van der Waals surface area contributed by atoms with Crippen molar-refractivity contribution in [2.75, 3.05) is 4.90 Å². The van der Waals surface area contributed by atoms with E-state index in [0.29, 0.717) is 17.7 Å². The Labute approximate surface area is 123 Å². The Morgan fingerprint density at radius 1 is 1.10 bits per heavy atom. The Balaban J connectivity index is 1.83. The molecule has 1 aliphatic heterocycles. The van der Waals surface area contributed by atoms with Crippen molar-refractivity contribution in [2.45, 2.75) is 44.1 Å². The monoisotopic (exact) mass is 283 g/mol. The number of hydrogen-bond acceptors (Lipinski definition) is 3. The number of benzene rings is 1. The van der Waals surface area contributed by atoms with Crippen molar-refractivity contribution < 1.29 is 9.59 Å². The van der Waals surface area contributed by atoms with E-state index in [1.165, 1.54) is 11.3 Å². The molecule has 1 heterocycles. The first kappa shape index (κ1) is 13.6. The van der Waals surface area contributed by atoms with Crippen LogP contribution in [0.5, 0.6) is 0 Å². The molecule has 1 saturated carbocycles. The Hall–Kier alpha value is -2.35. The molecule has 0 aromatic heterocycles. The van der Waals surface area contributed by atoms with E-state index in [9.17, 15) is 9.59 Å².